The van der Waals surface area contributed by atoms with Crippen LogP contribution in [-0.4, -0.2) is 45.2 Å². The first-order valence-electron chi connectivity index (χ1n) is 8.97. The van der Waals surface area contributed by atoms with Crippen LogP contribution < -0.4 is 15.9 Å². The van der Waals surface area contributed by atoms with Crippen LogP contribution in [-0.2, 0) is 6.54 Å². The number of rotatable bonds is 4. The highest BCUT2D eigenvalue weighted by Gasteiger charge is 2.21. The summed E-state index contributed by atoms with van der Waals surface area (Å²) >= 11 is 0. The van der Waals surface area contributed by atoms with E-state index in [9.17, 15) is 14.7 Å². The third-order valence-corrected chi connectivity index (χ3v) is 4.78. The number of pyridine rings is 1. The molecule has 1 saturated heterocycles. The van der Waals surface area contributed by atoms with Gasteiger partial charge < -0.3 is 25.3 Å². The second-order valence-electron chi connectivity index (χ2n) is 6.75. The summed E-state index contributed by atoms with van der Waals surface area (Å²) in [5.74, 6) is 0.564. The molecule has 0 unspecified atom stereocenters. The Morgan fingerprint density at radius 1 is 1.30 bits per heavy atom. The van der Waals surface area contributed by atoms with E-state index in [1.165, 1.54) is 0 Å². The predicted octanol–water partition coefficient (Wildman–Crippen LogP) is 1.14. The van der Waals surface area contributed by atoms with Crippen LogP contribution in [0.2, 0.25) is 0 Å². The van der Waals surface area contributed by atoms with E-state index in [4.69, 9.17) is 0 Å². The predicted molar refractivity (Wildman–Crippen MR) is 102 cm³/mol. The van der Waals surface area contributed by atoms with Gasteiger partial charge in [0.25, 0.3) is 5.91 Å². The van der Waals surface area contributed by atoms with Crippen LogP contribution >= 0.6 is 0 Å². The van der Waals surface area contributed by atoms with Crippen molar-refractivity contribution in [2.75, 3.05) is 18.0 Å². The SMILES string of the molecule is O=C(NCc1cccnc1N1CCC[C@@H](O)C1)c1ccc2[nH]c(=O)[nH]c2c1. The highest BCUT2D eigenvalue weighted by molar-refractivity contribution is 5.97. The normalized spacial score (nSPS) is 17.2. The fourth-order valence-electron chi connectivity index (χ4n) is 3.45. The standard InChI is InChI=1S/C19H21N5O3/c25-14-4-2-8-24(11-14)17-13(3-1-7-20-17)10-21-18(26)12-5-6-15-16(9-12)23-19(27)22-15/h1,3,5-7,9,14,25H,2,4,8,10-11H2,(H,21,26)(H2,22,23,27)/t14-/m1/s1. The molecule has 2 aromatic heterocycles. The monoisotopic (exact) mass is 367 g/mol. The van der Waals surface area contributed by atoms with E-state index in [0.29, 0.717) is 29.7 Å². The van der Waals surface area contributed by atoms with Gasteiger partial charge in [-0.25, -0.2) is 9.78 Å². The molecule has 1 atom stereocenters. The molecule has 1 aromatic carbocycles. The number of aliphatic hydroxyl groups is 1. The number of β-amino-alcohol motifs (C(OH)–C–C–N with tert-alkyl or cyclic N) is 1. The van der Waals surface area contributed by atoms with Crippen molar-refractivity contribution >= 4 is 22.8 Å². The van der Waals surface area contributed by atoms with Gasteiger partial charge in [-0.05, 0) is 37.1 Å². The molecule has 3 aromatic rings. The van der Waals surface area contributed by atoms with Crippen molar-refractivity contribution in [2.24, 2.45) is 0 Å². The minimum absolute atomic E-state index is 0.229. The van der Waals surface area contributed by atoms with Gasteiger partial charge >= 0.3 is 5.69 Å². The summed E-state index contributed by atoms with van der Waals surface area (Å²) in [6.07, 6.45) is 3.09. The number of carbonyl (C=O) groups excluding carboxylic acids is 1. The highest BCUT2D eigenvalue weighted by Crippen LogP contribution is 2.22. The fraction of sp³-hybridized carbons (Fsp3) is 0.316. The van der Waals surface area contributed by atoms with Crippen molar-refractivity contribution in [1.82, 2.24) is 20.3 Å². The Hall–Kier alpha value is -3.13. The molecule has 140 valence electrons. The number of aliphatic hydroxyl groups excluding tert-OH is 1. The molecule has 0 aliphatic carbocycles. The lowest BCUT2D eigenvalue weighted by Crippen LogP contribution is -2.39. The van der Waals surface area contributed by atoms with Gasteiger partial charge in [0.15, 0.2) is 0 Å². The summed E-state index contributed by atoms with van der Waals surface area (Å²) < 4.78 is 0. The number of nitrogens with zero attached hydrogens (tertiary/aromatic N) is 2. The van der Waals surface area contributed by atoms with E-state index in [1.807, 2.05) is 12.1 Å². The summed E-state index contributed by atoms with van der Waals surface area (Å²) in [6, 6.07) is 8.78. The summed E-state index contributed by atoms with van der Waals surface area (Å²) in [5, 5.41) is 12.8. The number of hydrogen-bond donors (Lipinski definition) is 4. The molecule has 1 aliphatic rings. The van der Waals surface area contributed by atoms with Crippen LogP contribution in [0, 0.1) is 0 Å². The van der Waals surface area contributed by atoms with E-state index < -0.39 is 0 Å². The maximum Gasteiger partial charge on any atom is 0.323 e. The molecule has 1 aliphatic heterocycles. The van der Waals surface area contributed by atoms with Crippen molar-refractivity contribution < 1.29 is 9.90 Å². The van der Waals surface area contributed by atoms with Crippen molar-refractivity contribution in [3.05, 3.63) is 58.1 Å². The zero-order valence-electron chi connectivity index (χ0n) is 14.7. The minimum atomic E-state index is -0.349. The maximum absolute atomic E-state index is 12.5. The lowest BCUT2D eigenvalue weighted by atomic mass is 10.1. The number of aromatic nitrogens is 3. The molecule has 0 spiro atoms. The first kappa shape index (κ1) is 17.3. The molecule has 4 rings (SSSR count). The largest absolute Gasteiger partial charge is 0.391 e. The molecular weight excluding hydrogens is 346 g/mol. The number of fused-ring (bicyclic) bond motifs is 1. The average molecular weight is 367 g/mol. The Morgan fingerprint density at radius 3 is 3.00 bits per heavy atom. The molecule has 1 fully saturated rings. The van der Waals surface area contributed by atoms with Gasteiger partial charge in [0.2, 0.25) is 0 Å². The second-order valence-corrected chi connectivity index (χ2v) is 6.75. The van der Waals surface area contributed by atoms with Crippen molar-refractivity contribution in [3.63, 3.8) is 0 Å². The number of carbonyl (C=O) groups is 1. The van der Waals surface area contributed by atoms with Crippen LogP contribution in [0.15, 0.2) is 41.3 Å². The molecule has 0 bridgehead atoms. The topological polar surface area (TPSA) is 114 Å². The molecule has 8 heteroatoms. The van der Waals surface area contributed by atoms with E-state index in [2.05, 4.69) is 25.2 Å². The summed E-state index contributed by atoms with van der Waals surface area (Å²) in [5.41, 5.74) is 2.32. The number of hydrogen-bond acceptors (Lipinski definition) is 5. The molecule has 0 saturated carbocycles. The van der Waals surface area contributed by atoms with Gasteiger partial charge in [0.05, 0.1) is 17.1 Å². The van der Waals surface area contributed by atoms with Crippen LogP contribution in [0.3, 0.4) is 0 Å². The fourth-order valence-corrected chi connectivity index (χ4v) is 3.45. The Labute approximate surface area is 155 Å². The first-order valence-corrected chi connectivity index (χ1v) is 8.97. The maximum atomic E-state index is 12.5. The van der Waals surface area contributed by atoms with Crippen LogP contribution in [0.1, 0.15) is 28.8 Å². The van der Waals surface area contributed by atoms with Gasteiger partial charge in [-0.1, -0.05) is 6.07 Å². The summed E-state index contributed by atoms with van der Waals surface area (Å²) in [4.78, 5) is 35.7. The number of amides is 1. The minimum Gasteiger partial charge on any atom is -0.391 e. The molecule has 0 radical (unpaired) electrons. The Morgan fingerprint density at radius 2 is 2.15 bits per heavy atom. The van der Waals surface area contributed by atoms with Gasteiger partial charge in [-0.3, -0.25) is 4.79 Å². The van der Waals surface area contributed by atoms with Crippen LogP contribution in [0.4, 0.5) is 5.82 Å². The van der Waals surface area contributed by atoms with E-state index in [-0.39, 0.29) is 17.7 Å². The van der Waals surface area contributed by atoms with E-state index in [0.717, 1.165) is 30.8 Å². The zero-order valence-corrected chi connectivity index (χ0v) is 14.7. The Balaban J connectivity index is 1.49. The quantitative estimate of drug-likeness (QED) is 0.552. The number of piperidine rings is 1. The molecule has 3 heterocycles. The summed E-state index contributed by atoms with van der Waals surface area (Å²) in [7, 11) is 0. The number of H-pyrrole nitrogens is 2. The lowest BCUT2D eigenvalue weighted by Gasteiger charge is -2.32. The molecule has 1 amide bonds. The highest BCUT2D eigenvalue weighted by atomic mass is 16.3. The van der Waals surface area contributed by atoms with Crippen molar-refractivity contribution in [2.45, 2.75) is 25.5 Å². The van der Waals surface area contributed by atoms with Gasteiger partial charge in [0, 0.05) is 37.0 Å². The second kappa shape index (κ2) is 7.24. The van der Waals surface area contributed by atoms with Crippen molar-refractivity contribution in [3.8, 4) is 0 Å². The zero-order chi connectivity index (χ0) is 18.8. The third-order valence-electron chi connectivity index (χ3n) is 4.78. The van der Waals surface area contributed by atoms with Gasteiger partial charge in [-0.2, -0.15) is 0 Å². The van der Waals surface area contributed by atoms with Crippen LogP contribution in [0.25, 0.3) is 11.0 Å². The van der Waals surface area contributed by atoms with Crippen LogP contribution in [0.5, 0.6) is 0 Å². The molecule has 4 N–H and O–H groups in total. The smallest absolute Gasteiger partial charge is 0.323 e. The third kappa shape index (κ3) is 3.70. The molecular formula is C19H21N5O3. The van der Waals surface area contributed by atoms with Crippen molar-refractivity contribution in [1.29, 1.82) is 0 Å². The first-order chi connectivity index (χ1) is 13.1. The molecule has 27 heavy (non-hydrogen) atoms. The Kier molecular flexibility index (Phi) is 4.64. The summed E-state index contributed by atoms with van der Waals surface area (Å²) in [6.45, 7) is 1.72. The molecule has 8 nitrogen and oxygen atoms in total. The average Bonchev–Trinajstić information content (AvgIpc) is 3.05. The number of imidazole rings is 1. The number of nitrogens with one attached hydrogen (secondary N) is 3. The lowest BCUT2D eigenvalue weighted by molar-refractivity contribution is 0.0951. The number of benzene rings is 1. The number of anilines is 1. The Bertz CT molecular complexity index is 1030. The van der Waals surface area contributed by atoms with E-state index >= 15 is 0 Å². The van der Waals surface area contributed by atoms with Gasteiger partial charge in [0.1, 0.15) is 5.82 Å². The van der Waals surface area contributed by atoms with E-state index in [1.54, 1.807) is 24.4 Å². The number of aromatic amines is 2. The van der Waals surface area contributed by atoms with Gasteiger partial charge in [-0.15, -0.1) is 0 Å².